The van der Waals surface area contributed by atoms with E-state index in [-0.39, 0.29) is 10.8 Å². The van der Waals surface area contributed by atoms with Crippen LogP contribution in [0.4, 0.5) is 11.4 Å². The topological polar surface area (TPSA) is 69.7 Å². The van der Waals surface area contributed by atoms with Gasteiger partial charge in [0.2, 0.25) is 5.91 Å². The highest BCUT2D eigenvalue weighted by Crippen LogP contribution is 2.39. The monoisotopic (exact) mass is 479 g/mol. The van der Waals surface area contributed by atoms with E-state index < -0.39 is 16.1 Å². The number of amides is 1. The van der Waals surface area contributed by atoms with Crippen LogP contribution in [0.1, 0.15) is 38.2 Å². The van der Waals surface area contributed by atoms with Gasteiger partial charge in [-0.3, -0.25) is 9.10 Å². The van der Waals surface area contributed by atoms with Crippen LogP contribution in [0.3, 0.4) is 0 Å². The van der Waals surface area contributed by atoms with Crippen LogP contribution in [0.5, 0.6) is 0 Å². The fraction of sp³-hybridized carbons (Fsp3) is 0.370. The molecule has 3 aromatic carbocycles. The van der Waals surface area contributed by atoms with Gasteiger partial charge in [0.25, 0.3) is 10.0 Å². The van der Waals surface area contributed by atoms with E-state index in [0.717, 1.165) is 42.3 Å². The molecule has 0 saturated heterocycles. The number of hydrogen-bond donors (Lipinski definition) is 1. The van der Waals surface area contributed by atoms with Crippen molar-refractivity contribution in [3.05, 3.63) is 66.2 Å². The van der Waals surface area contributed by atoms with Crippen LogP contribution in [-0.2, 0) is 21.2 Å². The maximum Gasteiger partial charge on any atom is 0.265 e. The lowest BCUT2D eigenvalue weighted by molar-refractivity contribution is -0.122. The predicted molar refractivity (Wildman–Crippen MR) is 139 cm³/mol. The molecular weight excluding hydrogens is 446 g/mol. The minimum absolute atomic E-state index is 0.214. The Hall–Kier alpha value is -3.06. The average Bonchev–Trinajstić information content (AvgIpc) is 3.23. The highest BCUT2D eigenvalue weighted by atomic mass is 32.2. The number of benzene rings is 3. The smallest absolute Gasteiger partial charge is 0.265 e. The molecule has 0 bridgehead atoms. The van der Waals surface area contributed by atoms with Gasteiger partial charge >= 0.3 is 0 Å². The number of hydrogen-bond acceptors (Lipinski definition) is 4. The third-order valence-corrected chi connectivity index (χ3v) is 8.32. The van der Waals surface area contributed by atoms with Crippen LogP contribution >= 0.6 is 0 Å². The van der Waals surface area contributed by atoms with Crippen LogP contribution in [-0.4, -0.2) is 41.0 Å². The Bertz CT molecular complexity index is 1290. The van der Waals surface area contributed by atoms with E-state index in [1.165, 1.54) is 4.31 Å². The Morgan fingerprint density at radius 1 is 0.971 bits per heavy atom. The zero-order chi connectivity index (χ0) is 24.3. The Kier molecular flexibility index (Phi) is 7.12. The van der Waals surface area contributed by atoms with Gasteiger partial charge in [-0.25, -0.2) is 8.42 Å². The first-order valence-electron chi connectivity index (χ1n) is 12.0. The molecule has 1 atom stereocenters. The predicted octanol–water partition coefficient (Wildman–Crippen LogP) is 4.72. The van der Waals surface area contributed by atoms with Crippen LogP contribution in [0, 0.1) is 0 Å². The van der Waals surface area contributed by atoms with Crippen molar-refractivity contribution < 1.29 is 13.2 Å². The van der Waals surface area contributed by atoms with Gasteiger partial charge in [-0.05, 0) is 30.2 Å². The Morgan fingerprint density at radius 2 is 1.71 bits per heavy atom. The molecular formula is C27H33N3O3S. The highest BCUT2D eigenvalue weighted by Gasteiger charge is 2.42. The normalized spacial score (nSPS) is 15.4. The van der Waals surface area contributed by atoms with Gasteiger partial charge in [-0.1, -0.05) is 68.7 Å². The summed E-state index contributed by atoms with van der Waals surface area (Å²) in [4.78, 5) is 15.4. The van der Waals surface area contributed by atoms with Crippen molar-refractivity contribution in [1.82, 2.24) is 5.32 Å². The zero-order valence-corrected chi connectivity index (χ0v) is 20.9. The lowest BCUT2D eigenvalue weighted by Gasteiger charge is -2.27. The number of anilines is 2. The van der Waals surface area contributed by atoms with E-state index in [2.05, 4.69) is 12.2 Å². The molecule has 0 aliphatic carbocycles. The molecule has 1 heterocycles. The van der Waals surface area contributed by atoms with E-state index in [9.17, 15) is 13.2 Å². The Morgan fingerprint density at radius 3 is 2.47 bits per heavy atom. The third kappa shape index (κ3) is 4.49. The number of nitrogens with one attached hydrogen (secondary N) is 1. The van der Waals surface area contributed by atoms with E-state index in [4.69, 9.17) is 0 Å². The number of sulfonamides is 1. The summed E-state index contributed by atoms with van der Waals surface area (Å²) in [6, 6.07) is 17.6. The quantitative estimate of drug-likeness (QED) is 0.451. The molecule has 1 aliphatic rings. The fourth-order valence-corrected chi connectivity index (χ4v) is 6.58. The second-order valence-corrected chi connectivity index (χ2v) is 10.8. The van der Waals surface area contributed by atoms with Crippen molar-refractivity contribution >= 4 is 38.1 Å². The molecule has 0 aromatic heterocycles. The summed E-state index contributed by atoms with van der Waals surface area (Å²) >= 11 is 0. The van der Waals surface area contributed by atoms with Crippen LogP contribution in [0.25, 0.3) is 10.8 Å². The summed E-state index contributed by atoms with van der Waals surface area (Å²) < 4.78 is 29.6. The molecule has 0 spiro atoms. The van der Waals surface area contributed by atoms with Gasteiger partial charge in [0.15, 0.2) is 0 Å². The summed E-state index contributed by atoms with van der Waals surface area (Å²) in [6.07, 6.45) is 4.56. The van der Waals surface area contributed by atoms with E-state index in [0.29, 0.717) is 24.0 Å². The molecule has 1 amide bonds. The number of unbranched alkanes of at least 4 members (excludes halogenated alkanes) is 3. The minimum Gasteiger partial charge on any atom is -0.377 e. The van der Waals surface area contributed by atoms with Crippen LogP contribution in [0.15, 0.2) is 65.6 Å². The van der Waals surface area contributed by atoms with Crippen LogP contribution in [0.2, 0.25) is 0 Å². The van der Waals surface area contributed by atoms with E-state index >= 15 is 0 Å². The molecule has 7 heteroatoms. The molecule has 4 rings (SSSR count). The lowest BCUT2D eigenvalue weighted by Crippen LogP contribution is -2.48. The standard InChI is InChI=1S/C27H33N3O3S/c1-4-5-6-9-18-28-27(31)25-19-20-12-7-8-15-23(20)30(25)34(32,33)26-17-11-13-21-22(26)14-10-16-24(21)29(2)3/h7-8,10-17,25H,4-6,9,18-19H2,1-3H3,(H,28,31). The van der Waals surface area contributed by atoms with Crippen molar-refractivity contribution in [3.63, 3.8) is 0 Å². The van der Waals surface area contributed by atoms with Gasteiger partial charge in [0, 0.05) is 43.5 Å². The van der Waals surface area contributed by atoms with E-state index in [1.54, 1.807) is 18.2 Å². The fourth-order valence-electron chi connectivity index (χ4n) is 4.72. The van der Waals surface area contributed by atoms with Crippen molar-refractivity contribution in [1.29, 1.82) is 0 Å². The minimum atomic E-state index is -4.00. The summed E-state index contributed by atoms with van der Waals surface area (Å²) in [5, 5.41) is 4.49. The first-order chi connectivity index (χ1) is 16.4. The first kappa shape index (κ1) is 24.1. The van der Waals surface area contributed by atoms with Gasteiger partial charge in [-0.15, -0.1) is 0 Å². The van der Waals surface area contributed by atoms with Gasteiger partial charge in [-0.2, -0.15) is 0 Å². The average molecular weight is 480 g/mol. The third-order valence-electron chi connectivity index (χ3n) is 6.44. The maximum atomic E-state index is 14.2. The number of carbonyl (C=O) groups excluding carboxylic acids is 1. The van der Waals surface area contributed by atoms with Crippen molar-refractivity contribution in [2.75, 3.05) is 29.8 Å². The lowest BCUT2D eigenvalue weighted by atomic mass is 10.1. The van der Waals surface area contributed by atoms with E-state index in [1.807, 2.05) is 61.5 Å². The Labute approximate surface area is 202 Å². The molecule has 1 unspecified atom stereocenters. The summed E-state index contributed by atoms with van der Waals surface area (Å²) in [5.74, 6) is -0.245. The van der Waals surface area contributed by atoms with Crippen LogP contribution < -0.4 is 14.5 Å². The summed E-state index contributed by atoms with van der Waals surface area (Å²) in [7, 11) is -0.125. The molecule has 0 radical (unpaired) electrons. The summed E-state index contributed by atoms with van der Waals surface area (Å²) in [6.45, 7) is 2.70. The number of carbonyl (C=O) groups is 1. The molecule has 1 aliphatic heterocycles. The largest absolute Gasteiger partial charge is 0.377 e. The second kappa shape index (κ2) is 10.1. The number of rotatable bonds is 9. The molecule has 3 aromatic rings. The van der Waals surface area contributed by atoms with Crippen molar-refractivity contribution in [2.24, 2.45) is 0 Å². The molecule has 0 saturated carbocycles. The molecule has 6 nitrogen and oxygen atoms in total. The number of fused-ring (bicyclic) bond motifs is 2. The van der Waals surface area contributed by atoms with Crippen molar-refractivity contribution in [2.45, 2.75) is 50.0 Å². The van der Waals surface area contributed by atoms with Gasteiger partial charge in [0.05, 0.1) is 10.6 Å². The maximum absolute atomic E-state index is 14.2. The second-order valence-electron chi connectivity index (χ2n) is 9.02. The number of nitrogens with zero attached hydrogens (tertiary/aromatic N) is 2. The zero-order valence-electron chi connectivity index (χ0n) is 20.1. The Balaban J connectivity index is 1.74. The SMILES string of the molecule is CCCCCCNC(=O)C1Cc2ccccc2N1S(=O)(=O)c1cccc2c(N(C)C)cccc12. The molecule has 0 fully saturated rings. The first-order valence-corrected chi connectivity index (χ1v) is 13.4. The molecule has 34 heavy (non-hydrogen) atoms. The summed E-state index contributed by atoms with van der Waals surface area (Å²) in [5.41, 5.74) is 2.39. The van der Waals surface area contributed by atoms with Gasteiger partial charge < -0.3 is 10.2 Å². The van der Waals surface area contributed by atoms with Crippen molar-refractivity contribution in [3.8, 4) is 0 Å². The molecule has 180 valence electrons. The van der Waals surface area contributed by atoms with Gasteiger partial charge in [0.1, 0.15) is 6.04 Å². The number of para-hydroxylation sites is 1. The molecule has 1 N–H and O–H groups in total. The highest BCUT2D eigenvalue weighted by molar-refractivity contribution is 7.93.